The van der Waals surface area contributed by atoms with Gasteiger partial charge in [-0.25, -0.2) is 0 Å². The lowest BCUT2D eigenvalue weighted by Gasteiger charge is -2.21. The summed E-state index contributed by atoms with van der Waals surface area (Å²) < 4.78 is 10.9. The molecule has 2 amide bonds. The molecule has 0 aliphatic carbocycles. The largest absolute Gasteiger partial charge is 0.497 e. The first-order valence-electron chi connectivity index (χ1n) is 10.8. The van der Waals surface area contributed by atoms with Crippen molar-refractivity contribution in [1.82, 2.24) is 9.80 Å². The Kier molecular flexibility index (Phi) is 6.74. The first-order valence-corrected chi connectivity index (χ1v) is 10.8. The number of carbonyl (C=O) groups excluding carboxylic acids is 2. The number of nitrogens with zero attached hydrogens (tertiary/aromatic N) is 2. The van der Waals surface area contributed by atoms with Crippen LogP contribution in [-0.4, -0.2) is 48.9 Å². The summed E-state index contributed by atoms with van der Waals surface area (Å²) in [5, 5.41) is 0. The van der Waals surface area contributed by atoms with E-state index in [1.807, 2.05) is 72.6 Å². The lowest BCUT2D eigenvalue weighted by Crippen LogP contribution is -2.37. The highest BCUT2D eigenvalue weighted by Gasteiger charge is 2.40. The molecule has 6 nitrogen and oxygen atoms in total. The first kappa shape index (κ1) is 22.1. The molecule has 0 aromatic heterocycles. The molecular weight excluding hydrogens is 416 g/mol. The van der Waals surface area contributed by atoms with Crippen molar-refractivity contribution < 1.29 is 19.1 Å². The van der Waals surface area contributed by atoms with Gasteiger partial charge >= 0.3 is 0 Å². The normalized spacial score (nSPS) is 13.5. The van der Waals surface area contributed by atoms with E-state index in [2.05, 4.69) is 0 Å². The zero-order chi connectivity index (χ0) is 23.2. The summed E-state index contributed by atoms with van der Waals surface area (Å²) in [4.78, 5) is 29.9. The number of carbonyl (C=O) groups is 2. The minimum Gasteiger partial charge on any atom is -0.497 e. The van der Waals surface area contributed by atoms with Crippen LogP contribution in [0.5, 0.6) is 11.5 Å². The molecule has 4 rings (SSSR count). The van der Waals surface area contributed by atoms with Gasteiger partial charge in [0.2, 0.25) is 0 Å². The molecule has 1 heterocycles. The molecule has 0 radical (unpaired) electrons. The van der Waals surface area contributed by atoms with Gasteiger partial charge in [0, 0.05) is 13.6 Å². The van der Waals surface area contributed by atoms with Crippen molar-refractivity contribution in [2.75, 3.05) is 27.3 Å². The van der Waals surface area contributed by atoms with Crippen molar-refractivity contribution in [3.63, 3.8) is 0 Å². The molecule has 0 spiro atoms. The number of rotatable bonds is 9. The van der Waals surface area contributed by atoms with Crippen LogP contribution in [0.1, 0.15) is 11.1 Å². The Bertz CT molecular complexity index is 1140. The molecule has 0 bridgehead atoms. The van der Waals surface area contributed by atoms with Gasteiger partial charge in [0.05, 0.1) is 19.2 Å². The number of likely N-dealkylation sites (N-methyl/N-ethyl adjacent to an activating group) is 1. The van der Waals surface area contributed by atoms with Gasteiger partial charge in [-0.2, -0.15) is 0 Å². The van der Waals surface area contributed by atoms with Crippen LogP contribution in [0.2, 0.25) is 0 Å². The number of methoxy groups -OCH3 is 1. The minimum absolute atomic E-state index is 0.155. The third kappa shape index (κ3) is 4.90. The summed E-state index contributed by atoms with van der Waals surface area (Å²) in [6, 6.07) is 26.4. The second-order valence-corrected chi connectivity index (χ2v) is 7.72. The second-order valence-electron chi connectivity index (χ2n) is 7.72. The molecule has 1 aliphatic rings. The van der Waals surface area contributed by atoms with Crippen LogP contribution in [0.25, 0.3) is 5.57 Å². The van der Waals surface area contributed by atoms with Gasteiger partial charge in [-0.15, -0.1) is 0 Å². The molecule has 1 aliphatic heterocycles. The summed E-state index contributed by atoms with van der Waals surface area (Å²) in [6.45, 7) is 0.867. The summed E-state index contributed by atoms with van der Waals surface area (Å²) >= 11 is 0. The number of hydrogen-bond donors (Lipinski definition) is 0. The Hall–Kier alpha value is -4.06. The summed E-state index contributed by atoms with van der Waals surface area (Å²) in [6.07, 6.45) is 0. The van der Waals surface area contributed by atoms with Gasteiger partial charge in [0.15, 0.2) is 0 Å². The van der Waals surface area contributed by atoms with Gasteiger partial charge in [0.25, 0.3) is 11.8 Å². The summed E-state index contributed by atoms with van der Waals surface area (Å²) in [5.41, 5.74) is 2.61. The van der Waals surface area contributed by atoms with Crippen LogP contribution in [0.4, 0.5) is 0 Å². The average molecular weight is 443 g/mol. The Morgan fingerprint density at radius 1 is 0.788 bits per heavy atom. The van der Waals surface area contributed by atoms with E-state index in [9.17, 15) is 9.59 Å². The molecule has 0 fully saturated rings. The number of benzene rings is 3. The Balaban J connectivity index is 1.53. The lowest BCUT2D eigenvalue weighted by molar-refractivity contribution is -0.137. The van der Waals surface area contributed by atoms with E-state index < -0.39 is 0 Å². The molecule has 3 aromatic carbocycles. The van der Waals surface area contributed by atoms with E-state index in [-0.39, 0.29) is 25.0 Å². The molecular formula is C27H26N2O4. The maximum atomic E-state index is 13.4. The molecule has 168 valence electrons. The highest BCUT2D eigenvalue weighted by atomic mass is 16.5. The van der Waals surface area contributed by atoms with Crippen molar-refractivity contribution in [2.45, 2.75) is 6.54 Å². The van der Waals surface area contributed by atoms with Crippen LogP contribution < -0.4 is 9.47 Å². The molecule has 0 saturated heterocycles. The predicted octanol–water partition coefficient (Wildman–Crippen LogP) is 3.99. The van der Waals surface area contributed by atoms with Crippen molar-refractivity contribution in [1.29, 1.82) is 0 Å². The fourth-order valence-corrected chi connectivity index (χ4v) is 3.85. The molecule has 0 N–H and O–H groups in total. The zero-order valence-corrected chi connectivity index (χ0v) is 18.7. The predicted molar refractivity (Wildman–Crippen MR) is 126 cm³/mol. The third-order valence-electron chi connectivity index (χ3n) is 5.49. The maximum Gasteiger partial charge on any atom is 0.277 e. The highest BCUT2D eigenvalue weighted by molar-refractivity contribution is 6.35. The van der Waals surface area contributed by atoms with E-state index in [0.29, 0.717) is 23.6 Å². The van der Waals surface area contributed by atoms with Gasteiger partial charge in [0.1, 0.15) is 23.8 Å². The molecule has 6 heteroatoms. The third-order valence-corrected chi connectivity index (χ3v) is 5.49. The fraction of sp³-hybridized carbons (Fsp3) is 0.185. The van der Waals surface area contributed by atoms with Crippen LogP contribution in [0.15, 0.2) is 90.6 Å². The van der Waals surface area contributed by atoms with Gasteiger partial charge in [-0.1, -0.05) is 60.7 Å². The minimum atomic E-state index is -0.310. The number of hydrogen-bond acceptors (Lipinski definition) is 5. The zero-order valence-electron chi connectivity index (χ0n) is 18.7. The van der Waals surface area contributed by atoms with E-state index in [1.165, 1.54) is 4.90 Å². The molecule has 0 saturated carbocycles. The lowest BCUT2D eigenvalue weighted by atomic mass is 10.0. The fourth-order valence-electron chi connectivity index (χ4n) is 3.85. The molecule has 3 aromatic rings. The Labute approximate surface area is 193 Å². The van der Waals surface area contributed by atoms with Gasteiger partial charge in [-0.05, 0) is 35.4 Å². The topological polar surface area (TPSA) is 59.1 Å². The highest BCUT2D eigenvalue weighted by Crippen LogP contribution is 2.31. The van der Waals surface area contributed by atoms with Crippen LogP contribution in [0.3, 0.4) is 0 Å². The first-order chi connectivity index (χ1) is 16.1. The van der Waals surface area contributed by atoms with Crippen molar-refractivity contribution in [2.24, 2.45) is 0 Å². The molecule has 33 heavy (non-hydrogen) atoms. The van der Waals surface area contributed by atoms with E-state index >= 15 is 0 Å². The van der Waals surface area contributed by atoms with Crippen LogP contribution in [-0.2, 0) is 16.1 Å². The van der Waals surface area contributed by atoms with Crippen molar-refractivity contribution >= 4 is 17.4 Å². The van der Waals surface area contributed by atoms with E-state index in [1.54, 1.807) is 31.4 Å². The smallest absolute Gasteiger partial charge is 0.277 e. The quantitative estimate of drug-likeness (QED) is 0.469. The van der Waals surface area contributed by atoms with Gasteiger partial charge in [-0.3, -0.25) is 14.5 Å². The number of ether oxygens (including phenoxy) is 2. The molecule has 0 atom stereocenters. The maximum absolute atomic E-state index is 13.4. The number of amides is 2. The van der Waals surface area contributed by atoms with Gasteiger partial charge < -0.3 is 14.4 Å². The standard InChI is InChI=1S/C27H26N2O4/c1-28(19-20-9-5-3-6-10-20)25-24(21-11-7-4-8-12-21)26(30)29(27(25)31)17-18-33-23-15-13-22(32-2)14-16-23/h3-16H,17-19H2,1-2H3. The van der Waals surface area contributed by atoms with Crippen LogP contribution >= 0.6 is 0 Å². The Morgan fingerprint density at radius 2 is 1.39 bits per heavy atom. The van der Waals surface area contributed by atoms with Crippen molar-refractivity contribution in [3.8, 4) is 11.5 Å². The number of imide groups is 1. The SMILES string of the molecule is COc1ccc(OCCN2C(=O)C(c3ccccc3)=C(N(C)Cc3ccccc3)C2=O)cc1. The van der Waals surface area contributed by atoms with E-state index in [0.717, 1.165) is 16.9 Å². The summed E-state index contributed by atoms with van der Waals surface area (Å²) in [7, 11) is 3.44. The summed E-state index contributed by atoms with van der Waals surface area (Å²) in [5.74, 6) is 0.762. The second kappa shape index (κ2) is 10.0. The van der Waals surface area contributed by atoms with Crippen molar-refractivity contribution in [3.05, 3.63) is 102 Å². The van der Waals surface area contributed by atoms with Crippen LogP contribution in [0, 0.1) is 0 Å². The Morgan fingerprint density at radius 3 is 2.03 bits per heavy atom. The average Bonchev–Trinajstić information content (AvgIpc) is 3.10. The van der Waals surface area contributed by atoms with E-state index in [4.69, 9.17) is 9.47 Å². The monoisotopic (exact) mass is 442 g/mol. The molecule has 0 unspecified atom stereocenters.